The zero-order valence-electron chi connectivity index (χ0n) is 15.8. The molecule has 138 valence electrons. The first-order valence-corrected chi connectivity index (χ1v) is 8.91. The van der Waals surface area contributed by atoms with Crippen molar-refractivity contribution in [3.05, 3.63) is 34.8 Å². The molecule has 3 aromatic rings. The van der Waals surface area contributed by atoms with E-state index in [2.05, 4.69) is 31.0 Å². The van der Waals surface area contributed by atoms with E-state index in [0.29, 0.717) is 22.5 Å². The standard InChI is InChI=1S/C19H21N7O/c1-10-15-13(18(27)25-16(21)12(8-20)9-22-25)7-14(11-5-6-11)23-17(15)26(24-10)19(2,3)4/h7,9,11H,5-6,21H2,1-4H3. The Labute approximate surface area is 156 Å². The molecule has 8 heteroatoms. The minimum Gasteiger partial charge on any atom is -0.382 e. The van der Waals surface area contributed by atoms with Gasteiger partial charge in [0.25, 0.3) is 5.91 Å². The van der Waals surface area contributed by atoms with Crippen LogP contribution in [0.5, 0.6) is 0 Å². The van der Waals surface area contributed by atoms with Crippen LogP contribution in [0.1, 0.15) is 66.8 Å². The molecule has 0 saturated heterocycles. The molecule has 3 aromatic heterocycles. The Morgan fingerprint density at radius 2 is 2.07 bits per heavy atom. The van der Waals surface area contributed by atoms with Gasteiger partial charge in [0.05, 0.1) is 28.4 Å². The van der Waals surface area contributed by atoms with Crippen molar-refractivity contribution in [2.45, 2.75) is 52.0 Å². The van der Waals surface area contributed by atoms with E-state index >= 15 is 0 Å². The molecule has 0 spiro atoms. The quantitative estimate of drug-likeness (QED) is 0.748. The molecule has 0 radical (unpaired) electrons. The average molecular weight is 363 g/mol. The van der Waals surface area contributed by atoms with E-state index in [1.54, 1.807) is 0 Å². The number of carbonyl (C=O) groups is 1. The Kier molecular flexibility index (Phi) is 3.60. The summed E-state index contributed by atoms with van der Waals surface area (Å²) in [6.45, 7) is 8.02. The number of nitrogens with zero attached hydrogens (tertiary/aromatic N) is 6. The van der Waals surface area contributed by atoms with E-state index in [4.69, 9.17) is 16.0 Å². The fourth-order valence-electron chi connectivity index (χ4n) is 3.25. The van der Waals surface area contributed by atoms with Gasteiger partial charge in [0.2, 0.25) is 0 Å². The molecule has 3 heterocycles. The molecule has 1 fully saturated rings. The van der Waals surface area contributed by atoms with Gasteiger partial charge in [0.1, 0.15) is 17.5 Å². The van der Waals surface area contributed by atoms with E-state index in [1.807, 2.05) is 23.7 Å². The van der Waals surface area contributed by atoms with Crippen molar-refractivity contribution in [2.75, 3.05) is 5.73 Å². The summed E-state index contributed by atoms with van der Waals surface area (Å²) in [7, 11) is 0. The third kappa shape index (κ3) is 2.67. The van der Waals surface area contributed by atoms with E-state index in [1.165, 1.54) is 6.20 Å². The lowest BCUT2D eigenvalue weighted by Crippen LogP contribution is -2.24. The number of pyridine rings is 1. The molecule has 1 aliphatic rings. The van der Waals surface area contributed by atoms with E-state index in [9.17, 15) is 4.79 Å². The lowest BCUT2D eigenvalue weighted by atomic mass is 10.1. The maximum atomic E-state index is 13.3. The third-order valence-electron chi connectivity index (χ3n) is 4.81. The van der Waals surface area contributed by atoms with Gasteiger partial charge in [-0.1, -0.05) is 0 Å². The summed E-state index contributed by atoms with van der Waals surface area (Å²) in [6.07, 6.45) is 3.44. The minimum atomic E-state index is -0.375. The highest BCUT2D eigenvalue weighted by molar-refractivity contribution is 6.08. The number of aromatic nitrogens is 5. The first kappa shape index (κ1) is 17.2. The van der Waals surface area contributed by atoms with Crippen LogP contribution in [0.15, 0.2) is 12.3 Å². The Morgan fingerprint density at radius 1 is 1.37 bits per heavy atom. The smallest absolute Gasteiger partial charge is 0.280 e. The van der Waals surface area contributed by atoms with Crippen molar-refractivity contribution in [3.8, 4) is 6.07 Å². The third-order valence-corrected chi connectivity index (χ3v) is 4.81. The highest BCUT2D eigenvalue weighted by atomic mass is 16.2. The fraction of sp³-hybridized carbons (Fsp3) is 0.421. The SMILES string of the molecule is Cc1nn(C(C)(C)C)c2nc(C3CC3)cc(C(=O)n3ncc(C#N)c3N)c12. The van der Waals surface area contributed by atoms with Crippen LogP contribution in [0, 0.1) is 18.3 Å². The number of hydrogen-bond acceptors (Lipinski definition) is 6. The van der Waals surface area contributed by atoms with Crippen LogP contribution in [0.25, 0.3) is 11.0 Å². The second-order valence-corrected chi connectivity index (χ2v) is 8.01. The Balaban J connectivity index is 1.99. The number of hydrogen-bond donors (Lipinski definition) is 1. The Morgan fingerprint density at radius 3 is 2.63 bits per heavy atom. The van der Waals surface area contributed by atoms with Crippen LogP contribution in [0.2, 0.25) is 0 Å². The predicted octanol–water partition coefficient (Wildman–Crippen LogP) is 2.71. The number of carbonyl (C=O) groups excluding carboxylic acids is 1. The lowest BCUT2D eigenvalue weighted by molar-refractivity contribution is 0.0949. The zero-order valence-corrected chi connectivity index (χ0v) is 15.8. The monoisotopic (exact) mass is 363 g/mol. The maximum Gasteiger partial charge on any atom is 0.280 e. The number of fused-ring (bicyclic) bond motifs is 1. The minimum absolute atomic E-state index is 0.0429. The molecule has 2 N–H and O–H groups in total. The number of nitriles is 1. The van der Waals surface area contributed by atoms with Crippen molar-refractivity contribution in [3.63, 3.8) is 0 Å². The Hall–Kier alpha value is -3.21. The van der Waals surface area contributed by atoms with Gasteiger partial charge in [-0.15, -0.1) is 0 Å². The van der Waals surface area contributed by atoms with Gasteiger partial charge < -0.3 is 5.73 Å². The first-order chi connectivity index (χ1) is 12.7. The molecule has 0 atom stereocenters. The molecular weight excluding hydrogens is 342 g/mol. The first-order valence-electron chi connectivity index (χ1n) is 8.91. The van der Waals surface area contributed by atoms with Gasteiger partial charge in [0.15, 0.2) is 5.65 Å². The van der Waals surface area contributed by atoms with E-state index in [-0.39, 0.29) is 22.8 Å². The summed E-state index contributed by atoms with van der Waals surface area (Å²) in [4.78, 5) is 18.1. The molecule has 1 aliphatic carbocycles. The molecule has 0 unspecified atom stereocenters. The zero-order chi connectivity index (χ0) is 19.5. The number of rotatable bonds is 2. The van der Waals surface area contributed by atoms with Gasteiger partial charge in [0, 0.05) is 11.6 Å². The number of nitrogens with two attached hydrogens (primary N) is 1. The van der Waals surface area contributed by atoms with Crippen molar-refractivity contribution in [2.24, 2.45) is 0 Å². The van der Waals surface area contributed by atoms with Gasteiger partial charge in [-0.05, 0) is 46.6 Å². The summed E-state index contributed by atoms with van der Waals surface area (Å²) in [5.74, 6) is 0.0374. The molecule has 1 saturated carbocycles. The topological polar surface area (TPSA) is 115 Å². The van der Waals surface area contributed by atoms with Crippen LogP contribution in [0.4, 0.5) is 5.82 Å². The Bertz CT molecular complexity index is 1120. The van der Waals surface area contributed by atoms with Gasteiger partial charge in [-0.3, -0.25) is 4.79 Å². The molecule has 0 aromatic carbocycles. The highest BCUT2D eigenvalue weighted by Gasteiger charge is 2.31. The van der Waals surface area contributed by atoms with Gasteiger partial charge in [-0.25, -0.2) is 9.67 Å². The normalized spacial score (nSPS) is 14.5. The van der Waals surface area contributed by atoms with E-state index in [0.717, 1.165) is 28.9 Å². The molecule has 4 rings (SSSR count). The molecule has 0 amide bonds. The van der Waals surface area contributed by atoms with Crippen LogP contribution in [-0.2, 0) is 5.54 Å². The molecule has 0 aliphatic heterocycles. The van der Waals surface area contributed by atoms with Crippen molar-refractivity contribution in [1.29, 1.82) is 5.26 Å². The second-order valence-electron chi connectivity index (χ2n) is 8.01. The summed E-state index contributed by atoms with van der Waals surface area (Å²) in [5, 5.41) is 18.5. The van der Waals surface area contributed by atoms with Crippen LogP contribution in [0.3, 0.4) is 0 Å². The van der Waals surface area contributed by atoms with Crippen molar-refractivity contribution >= 4 is 22.8 Å². The molecule has 27 heavy (non-hydrogen) atoms. The van der Waals surface area contributed by atoms with Crippen molar-refractivity contribution in [1.82, 2.24) is 24.5 Å². The second kappa shape index (κ2) is 5.64. The molecular formula is C19H21N7O. The number of aryl methyl sites for hydroxylation is 1. The summed E-state index contributed by atoms with van der Waals surface area (Å²) in [6, 6.07) is 3.78. The molecule has 8 nitrogen and oxygen atoms in total. The van der Waals surface area contributed by atoms with Gasteiger partial charge in [-0.2, -0.15) is 20.1 Å². The average Bonchev–Trinajstić information content (AvgIpc) is 3.31. The number of nitrogen functional groups attached to an aromatic ring is 1. The summed E-state index contributed by atoms with van der Waals surface area (Å²) >= 11 is 0. The fourth-order valence-corrected chi connectivity index (χ4v) is 3.25. The maximum absolute atomic E-state index is 13.3. The summed E-state index contributed by atoms with van der Waals surface area (Å²) in [5.41, 5.74) is 8.62. The van der Waals surface area contributed by atoms with Gasteiger partial charge >= 0.3 is 0 Å². The lowest BCUT2D eigenvalue weighted by Gasteiger charge is -2.20. The van der Waals surface area contributed by atoms with Crippen LogP contribution < -0.4 is 5.73 Å². The predicted molar refractivity (Wildman–Crippen MR) is 100 cm³/mol. The largest absolute Gasteiger partial charge is 0.382 e. The molecule has 0 bridgehead atoms. The highest BCUT2D eigenvalue weighted by Crippen LogP contribution is 2.41. The van der Waals surface area contributed by atoms with Crippen molar-refractivity contribution < 1.29 is 4.79 Å². The van der Waals surface area contributed by atoms with Crippen LogP contribution >= 0.6 is 0 Å². The van der Waals surface area contributed by atoms with Crippen LogP contribution in [-0.4, -0.2) is 30.5 Å². The number of anilines is 1. The summed E-state index contributed by atoms with van der Waals surface area (Å²) < 4.78 is 2.95. The van der Waals surface area contributed by atoms with E-state index < -0.39 is 0 Å².